The van der Waals surface area contributed by atoms with Gasteiger partial charge in [0.25, 0.3) is 0 Å². The highest BCUT2D eigenvalue weighted by Crippen LogP contribution is 2.23. The number of nitrogens with one attached hydrogen (secondary N) is 1. The molecule has 0 spiro atoms. The first kappa shape index (κ1) is 18.9. The van der Waals surface area contributed by atoms with Crippen LogP contribution in [0.1, 0.15) is 18.4 Å². The average molecular weight is 402 g/mol. The molecule has 1 saturated heterocycles. The Morgan fingerprint density at radius 3 is 2.70 bits per heavy atom. The third-order valence-corrected chi connectivity index (χ3v) is 6.19. The van der Waals surface area contributed by atoms with Gasteiger partial charge in [-0.3, -0.25) is 4.90 Å². The SMILES string of the molecule is O=c1ccc2cc(N3CCN(CCCCc4c[nH]c5ccccc45)CC3)ccc2o1. The van der Waals surface area contributed by atoms with E-state index in [9.17, 15) is 4.79 Å². The summed E-state index contributed by atoms with van der Waals surface area (Å²) in [5, 5.41) is 2.34. The van der Waals surface area contributed by atoms with Crippen LogP contribution in [-0.4, -0.2) is 42.6 Å². The van der Waals surface area contributed by atoms with Crippen LogP contribution in [0.2, 0.25) is 0 Å². The van der Waals surface area contributed by atoms with E-state index in [1.165, 1.54) is 47.6 Å². The third kappa shape index (κ3) is 3.98. The molecule has 0 bridgehead atoms. The second-order valence-electron chi connectivity index (χ2n) is 8.12. The van der Waals surface area contributed by atoms with Crippen LogP contribution in [0.5, 0.6) is 0 Å². The van der Waals surface area contributed by atoms with E-state index in [0.29, 0.717) is 5.58 Å². The maximum atomic E-state index is 11.4. The molecule has 1 N–H and O–H groups in total. The van der Waals surface area contributed by atoms with Crippen molar-refractivity contribution < 1.29 is 4.42 Å². The summed E-state index contributed by atoms with van der Waals surface area (Å²) in [5.41, 5.74) is 4.23. The van der Waals surface area contributed by atoms with Gasteiger partial charge in [-0.05, 0) is 61.7 Å². The zero-order valence-corrected chi connectivity index (χ0v) is 17.1. The molecule has 1 fully saturated rings. The van der Waals surface area contributed by atoms with Gasteiger partial charge in [-0.25, -0.2) is 4.79 Å². The number of aromatic amines is 1. The number of hydrogen-bond donors (Lipinski definition) is 1. The van der Waals surface area contributed by atoms with Gasteiger partial charge in [0, 0.05) is 60.4 Å². The number of benzene rings is 2. The maximum absolute atomic E-state index is 11.4. The summed E-state index contributed by atoms with van der Waals surface area (Å²) < 4.78 is 5.24. The minimum atomic E-state index is -0.298. The monoisotopic (exact) mass is 401 g/mol. The second-order valence-corrected chi connectivity index (χ2v) is 8.12. The first-order valence-electron chi connectivity index (χ1n) is 10.8. The van der Waals surface area contributed by atoms with E-state index in [1.54, 1.807) is 0 Å². The van der Waals surface area contributed by atoms with Crippen molar-refractivity contribution in [3.63, 3.8) is 0 Å². The molecular weight excluding hydrogens is 374 g/mol. The zero-order chi connectivity index (χ0) is 20.3. The van der Waals surface area contributed by atoms with Crippen LogP contribution in [0.15, 0.2) is 70.0 Å². The number of unbranched alkanes of at least 4 members (excludes halogenated alkanes) is 1. The molecule has 154 valence electrons. The number of para-hydroxylation sites is 1. The molecule has 2 aromatic carbocycles. The van der Waals surface area contributed by atoms with Crippen molar-refractivity contribution in [2.45, 2.75) is 19.3 Å². The van der Waals surface area contributed by atoms with Crippen molar-refractivity contribution in [2.75, 3.05) is 37.6 Å². The number of H-pyrrole nitrogens is 1. The minimum Gasteiger partial charge on any atom is -0.423 e. The number of piperazine rings is 1. The molecule has 3 heterocycles. The van der Waals surface area contributed by atoms with E-state index in [1.807, 2.05) is 12.1 Å². The lowest BCUT2D eigenvalue weighted by atomic mass is 10.1. The highest BCUT2D eigenvalue weighted by atomic mass is 16.4. The molecule has 0 aliphatic carbocycles. The lowest BCUT2D eigenvalue weighted by Crippen LogP contribution is -2.46. The quantitative estimate of drug-likeness (QED) is 0.384. The number of anilines is 1. The lowest BCUT2D eigenvalue weighted by molar-refractivity contribution is 0.253. The summed E-state index contributed by atoms with van der Waals surface area (Å²) in [6.07, 6.45) is 5.75. The number of fused-ring (bicyclic) bond motifs is 2. The van der Waals surface area contributed by atoms with Gasteiger partial charge in [0.15, 0.2) is 0 Å². The average Bonchev–Trinajstić information content (AvgIpc) is 3.20. The molecule has 5 heteroatoms. The first-order valence-corrected chi connectivity index (χ1v) is 10.8. The number of hydrogen-bond acceptors (Lipinski definition) is 4. The molecule has 2 aromatic heterocycles. The predicted molar refractivity (Wildman–Crippen MR) is 122 cm³/mol. The van der Waals surface area contributed by atoms with Crippen molar-refractivity contribution in [2.24, 2.45) is 0 Å². The normalized spacial score (nSPS) is 15.3. The Kier molecular flexibility index (Phi) is 5.28. The summed E-state index contributed by atoms with van der Waals surface area (Å²) in [4.78, 5) is 19.7. The second kappa shape index (κ2) is 8.36. The van der Waals surface area contributed by atoms with Crippen LogP contribution < -0.4 is 10.5 Å². The highest BCUT2D eigenvalue weighted by molar-refractivity contribution is 5.83. The Labute approximate surface area is 175 Å². The largest absolute Gasteiger partial charge is 0.423 e. The Morgan fingerprint density at radius 1 is 0.933 bits per heavy atom. The molecule has 0 amide bonds. The molecule has 0 atom stereocenters. The van der Waals surface area contributed by atoms with Gasteiger partial charge in [-0.15, -0.1) is 0 Å². The predicted octanol–water partition coefficient (Wildman–Crippen LogP) is 4.42. The van der Waals surface area contributed by atoms with E-state index < -0.39 is 0 Å². The Hall–Kier alpha value is -3.05. The molecule has 1 aliphatic heterocycles. The Morgan fingerprint density at radius 2 is 1.80 bits per heavy atom. The molecule has 5 nitrogen and oxygen atoms in total. The zero-order valence-electron chi connectivity index (χ0n) is 17.1. The van der Waals surface area contributed by atoms with Crippen LogP contribution in [0, 0.1) is 0 Å². The highest BCUT2D eigenvalue weighted by Gasteiger charge is 2.17. The van der Waals surface area contributed by atoms with E-state index in [-0.39, 0.29) is 5.63 Å². The standard InChI is InChI=1S/C25H27N3O2/c29-25-11-8-19-17-21(9-10-24(19)30-25)28-15-13-27(14-16-28)12-4-3-5-20-18-26-23-7-2-1-6-22(20)23/h1-2,6-11,17-18,26H,3-5,12-16H2. The molecule has 1 aliphatic rings. The van der Waals surface area contributed by atoms with Crippen molar-refractivity contribution >= 4 is 27.6 Å². The number of aromatic nitrogens is 1. The topological polar surface area (TPSA) is 52.5 Å². The fraction of sp³-hybridized carbons (Fsp3) is 0.320. The lowest BCUT2D eigenvalue weighted by Gasteiger charge is -2.36. The number of aryl methyl sites for hydroxylation is 1. The Balaban J connectivity index is 1.10. The summed E-state index contributed by atoms with van der Waals surface area (Å²) in [7, 11) is 0. The van der Waals surface area contributed by atoms with Crippen LogP contribution in [-0.2, 0) is 6.42 Å². The fourth-order valence-electron chi connectivity index (χ4n) is 4.47. The van der Waals surface area contributed by atoms with Crippen LogP contribution in [0.25, 0.3) is 21.9 Å². The number of nitrogens with zero attached hydrogens (tertiary/aromatic N) is 2. The van der Waals surface area contributed by atoms with Crippen LogP contribution >= 0.6 is 0 Å². The van der Waals surface area contributed by atoms with Crippen molar-refractivity contribution in [3.05, 3.63) is 76.8 Å². The van der Waals surface area contributed by atoms with E-state index in [0.717, 1.165) is 38.0 Å². The summed E-state index contributed by atoms with van der Waals surface area (Å²) in [6, 6.07) is 18.0. The van der Waals surface area contributed by atoms with Crippen molar-refractivity contribution in [3.8, 4) is 0 Å². The minimum absolute atomic E-state index is 0.298. The molecule has 0 radical (unpaired) electrons. The molecule has 5 rings (SSSR count). The van der Waals surface area contributed by atoms with Crippen molar-refractivity contribution in [1.29, 1.82) is 0 Å². The van der Waals surface area contributed by atoms with Gasteiger partial charge in [0.05, 0.1) is 0 Å². The maximum Gasteiger partial charge on any atom is 0.336 e. The van der Waals surface area contributed by atoms with Crippen LogP contribution in [0.4, 0.5) is 5.69 Å². The fourth-order valence-corrected chi connectivity index (χ4v) is 4.47. The van der Waals surface area contributed by atoms with Crippen LogP contribution in [0.3, 0.4) is 0 Å². The molecule has 0 saturated carbocycles. The molecular formula is C25H27N3O2. The van der Waals surface area contributed by atoms with E-state index in [4.69, 9.17) is 4.42 Å². The number of rotatable bonds is 6. The molecule has 0 unspecified atom stereocenters. The van der Waals surface area contributed by atoms with Gasteiger partial charge in [-0.1, -0.05) is 18.2 Å². The third-order valence-electron chi connectivity index (χ3n) is 6.19. The summed E-state index contributed by atoms with van der Waals surface area (Å²) in [6.45, 7) is 5.42. The van der Waals surface area contributed by atoms with E-state index >= 15 is 0 Å². The Bertz CT molecular complexity index is 1200. The van der Waals surface area contributed by atoms with Crippen molar-refractivity contribution in [1.82, 2.24) is 9.88 Å². The molecule has 30 heavy (non-hydrogen) atoms. The van der Waals surface area contributed by atoms with E-state index in [2.05, 4.69) is 57.4 Å². The van der Waals surface area contributed by atoms with Gasteiger partial charge >= 0.3 is 5.63 Å². The molecule has 4 aromatic rings. The summed E-state index contributed by atoms with van der Waals surface area (Å²) >= 11 is 0. The van der Waals surface area contributed by atoms with Gasteiger partial charge in [0.1, 0.15) is 5.58 Å². The first-order chi connectivity index (χ1) is 14.8. The van der Waals surface area contributed by atoms with Gasteiger partial charge in [-0.2, -0.15) is 0 Å². The van der Waals surface area contributed by atoms with Gasteiger partial charge < -0.3 is 14.3 Å². The summed E-state index contributed by atoms with van der Waals surface area (Å²) in [5.74, 6) is 0. The van der Waals surface area contributed by atoms with Gasteiger partial charge in [0.2, 0.25) is 0 Å². The smallest absolute Gasteiger partial charge is 0.336 e.